The minimum atomic E-state index is -0.288. The molecule has 1 saturated carbocycles. The SMILES string of the molecule is CC1(C(=O)N2CCC(CCc3noc(-c4ccc(F)cc4)n3)C2)CC1. The van der Waals surface area contributed by atoms with Gasteiger partial charge in [-0.1, -0.05) is 12.1 Å². The fraction of sp³-hybridized carbons (Fsp3) is 0.526. The summed E-state index contributed by atoms with van der Waals surface area (Å²) in [6.45, 7) is 3.78. The van der Waals surface area contributed by atoms with Crippen LogP contribution in [0.2, 0.25) is 0 Å². The van der Waals surface area contributed by atoms with Gasteiger partial charge in [0.15, 0.2) is 5.82 Å². The number of amides is 1. The lowest BCUT2D eigenvalue weighted by molar-refractivity contribution is -0.135. The molecule has 0 spiro atoms. The van der Waals surface area contributed by atoms with Gasteiger partial charge in [0.1, 0.15) is 5.82 Å². The van der Waals surface area contributed by atoms with Gasteiger partial charge in [0.25, 0.3) is 5.89 Å². The van der Waals surface area contributed by atoms with Crippen LogP contribution in [0.5, 0.6) is 0 Å². The number of hydrogen-bond donors (Lipinski definition) is 0. The molecule has 6 heteroatoms. The van der Waals surface area contributed by atoms with Crippen LogP contribution in [0.4, 0.5) is 4.39 Å². The second-order valence-corrected chi connectivity index (χ2v) is 7.53. The Balaban J connectivity index is 1.30. The Hall–Kier alpha value is -2.24. The lowest BCUT2D eigenvalue weighted by Gasteiger charge is -2.20. The van der Waals surface area contributed by atoms with Crippen molar-refractivity contribution in [3.05, 3.63) is 35.9 Å². The molecule has 1 atom stereocenters. The topological polar surface area (TPSA) is 59.2 Å². The van der Waals surface area contributed by atoms with Crippen LogP contribution in [0.3, 0.4) is 0 Å². The van der Waals surface area contributed by atoms with E-state index < -0.39 is 0 Å². The van der Waals surface area contributed by atoms with Crippen molar-refractivity contribution in [3.8, 4) is 11.5 Å². The Morgan fingerprint density at radius 2 is 2.12 bits per heavy atom. The minimum Gasteiger partial charge on any atom is -0.342 e. The Labute approximate surface area is 146 Å². The van der Waals surface area contributed by atoms with Gasteiger partial charge in [-0.2, -0.15) is 4.98 Å². The molecule has 1 aromatic heterocycles. The van der Waals surface area contributed by atoms with E-state index in [9.17, 15) is 9.18 Å². The van der Waals surface area contributed by atoms with E-state index in [4.69, 9.17) is 4.52 Å². The molecule has 1 aromatic carbocycles. The highest BCUT2D eigenvalue weighted by atomic mass is 19.1. The number of aromatic nitrogens is 2. The van der Waals surface area contributed by atoms with Gasteiger partial charge in [-0.25, -0.2) is 4.39 Å². The van der Waals surface area contributed by atoms with Crippen molar-refractivity contribution in [3.63, 3.8) is 0 Å². The third-order valence-corrected chi connectivity index (χ3v) is 5.42. The first-order valence-corrected chi connectivity index (χ1v) is 8.91. The van der Waals surface area contributed by atoms with Gasteiger partial charge in [0.05, 0.1) is 0 Å². The molecule has 0 N–H and O–H groups in total. The van der Waals surface area contributed by atoms with Gasteiger partial charge >= 0.3 is 0 Å². The Morgan fingerprint density at radius 1 is 1.36 bits per heavy atom. The lowest BCUT2D eigenvalue weighted by atomic mass is 10.0. The minimum absolute atomic E-state index is 0.0768. The van der Waals surface area contributed by atoms with Crippen molar-refractivity contribution >= 4 is 5.91 Å². The first kappa shape index (κ1) is 16.2. The summed E-state index contributed by atoms with van der Waals surface area (Å²) in [7, 11) is 0. The summed E-state index contributed by atoms with van der Waals surface area (Å²) >= 11 is 0. The zero-order valence-corrected chi connectivity index (χ0v) is 14.4. The average Bonchev–Trinajstić information content (AvgIpc) is 3.04. The number of hydrogen-bond acceptors (Lipinski definition) is 4. The summed E-state index contributed by atoms with van der Waals surface area (Å²) in [5, 5.41) is 4.02. The van der Waals surface area contributed by atoms with Crippen LogP contribution in [0.25, 0.3) is 11.5 Å². The fourth-order valence-corrected chi connectivity index (χ4v) is 3.43. The van der Waals surface area contributed by atoms with E-state index in [0.29, 0.717) is 23.5 Å². The van der Waals surface area contributed by atoms with Crippen LogP contribution in [-0.4, -0.2) is 34.0 Å². The molecule has 1 unspecified atom stereocenters. The smallest absolute Gasteiger partial charge is 0.257 e. The van der Waals surface area contributed by atoms with Crippen molar-refractivity contribution in [2.75, 3.05) is 13.1 Å². The van der Waals surface area contributed by atoms with Crippen LogP contribution < -0.4 is 0 Å². The van der Waals surface area contributed by atoms with Gasteiger partial charge < -0.3 is 9.42 Å². The number of nitrogens with zero attached hydrogens (tertiary/aromatic N) is 3. The van der Waals surface area contributed by atoms with Crippen LogP contribution >= 0.6 is 0 Å². The maximum absolute atomic E-state index is 13.0. The van der Waals surface area contributed by atoms with E-state index in [0.717, 1.165) is 50.8 Å². The second-order valence-electron chi connectivity index (χ2n) is 7.53. The van der Waals surface area contributed by atoms with E-state index in [-0.39, 0.29) is 11.2 Å². The van der Waals surface area contributed by atoms with Gasteiger partial charge in [-0.15, -0.1) is 0 Å². The molecule has 4 rings (SSSR count). The number of carbonyl (C=O) groups excluding carboxylic acids is 1. The molecule has 25 heavy (non-hydrogen) atoms. The molecular formula is C19H22FN3O2. The van der Waals surface area contributed by atoms with Crippen LogP contribution in [0.1, 0.15) is 38.4 Å². The summed E-state index contributed by atoms with van der Waals surface area (Å²) in [5.74, 6) is 1.62. The monoisotopic (exact) mass is 343 g/mol. The predicted octanol–water partition coefficient (Wildman–Crippen LogP) is 3.46. The predicted molar refractivity (Wildman–Crippen MR) is 90.0 cm³/mol. The molecule has 2 heterocycles. The van der Waals surface area contributed by atoms with Gasteiger partial charge in [0, 0.05) is 30.5 Å². The van der Waals surface area contributed by atoms with E-state index in [1.807, 2.05) is 4.90 Å². The maximum atomic E-state index is 13.0. The molecule has 0 bridgehead atoms. The quantitative estimate of drug-likeness (QED) is 0.834. The lowest BCUT2D eigenvalue weighted by Crippen LogP contribution is -2.34. The Morgan fingerprint density at radius 3 is 2.84 bits per heavy atom. The summed E-state index contributed by atoms with van der Waals surface area (Å²) < 4.78 is 18.2. The number of carbonyl (C=O) groups is 1. The first-order chi connectivity index (χ1) is 12.0. The molecule has 2 aromatic rings. The highest BCUT2D eigenvalue weighted by Crippen LogP contribution is 2.47. The molecule has 0 radical (unpaired) electrons. The molecule has 1 saturated heterocycles. The standard InChI is InChI=1S/C19H22FN3O2/c1-19(9-10-19)18(24)23-11-8-13(12-23)2-7-16-21-17(25-22-16)14-3-5-15(20)6-4-14/h3-6,13H,2,7-12H2,1H3. The van der Waals surface area contributed by atoms with E-state index in [2.05, 4.69) is 17.1 Å². The highest BCUT2D eigenvalue weighted by Gasteiger charge is 2.48. The fourth-order valence-electron chi connectivity index (χ4n) is 3.43. The number of rotatable bonds is 5. The highest BCUT2D eigenvalue weighted by molar-refractivity contribution is 5.85. The average molecular weight is 343 g/mol. The summed E-state index contributed by atoms with van der Waals surface area (Å²) in [4.78, 5) is 18.8. The number of halogens is 1. The van der Waals surface area contributed by atoms with Gasteiger partial charge in [-0.3, -0.25) is 4.79 Å². The van der Waals surface area contributed by atoms with Gasteiger partial charge in [-0.05, 0) is 55.9 Å². The molecule has 1 aliphatic heterocycles. The van der Waals surface area contributed by atoms with E-state index in [1.165, 1.54) is 12.1 Å². The largest absolute Gasteiger partial charge is 0.342 e. The maximum Gasteiger partial charge on any atom is 0.257 e. The van der Waals surface area contributed by atoms with Crippen molar-refractivity contribution < 1.29 is 13.7 Å². The molecule has 2 fully saturated rings. The zero-order valence-electron chi connectivity index (χ0n) is 14.4. The van der Waals surface area contributed by atoms with Crippen LogP contribution in [0.15, 0.2) is 28.8 Å². The Kier molecular flexibility index (Phi) is 4.06. The van der Waals surface area contributed by atoms with E-state index in [1.54, 1.807) is 12.1 Å². The molecular weight excluding hydrogens is 321 g/mol. The normalized spacial score (nSPS) is 21.5. The molecule has 1 amide bonds. The first-order valence-electron chi connectivity index (χ1n) is 8.91. The zero-order chi connectivity index (χ0) is 17.4. The molecule has 132 valence electrons. The Bertz CT molecular complexity index is 767. The van der Waals surface area contributed by atoms with Crippen molar-refractivity contribution in [1.29, 1.82) is 0 Å². The summed E-state index contributed by atoms with van der Waals surface area (Å²) in [6, 6.07) is 6.02. The third-order valence-electron chi connectivity index (χ3n) is 5.42. The molecule has 5 nitrogen and oxygen atoms in total. The molecule has 1 aliphatic carbocycles. The van der Waals surface area contributed by atoms with Crippen LogP contribution in [0, 0.1) is 17.2 Å². The third kappa shape index (κ3) is 3.43. The van der Waals surface area contributed by atoms with Crippen LogP contribution in [-0.2, 0) is 11.2 Å². The van der Waals surface area contributed by atoms with Crippen molar-refractivity contribution in [2.24, 2.45) is 11.3 Å². The van der Waals surface area contributed by atoms with Crippen molar-refractivity contribution in [2.45, 2.75) is 39.0 Å². The van der Waals surface area contributed by atoms with Crippen molar-refractivity contribution in [1.82, 2.24) is 15.0 Å². The van der Waals surface area contributed by atoms with Gasteiger partial charge in [0.2, 0.25) is 5.91 Å². The number of benzene rings is 1. The number of aryl methyl sites for hydroxylation is 1. The summed E-state index contributed by atoms with van der Waals surface area (Å²) in [5.41, 5.74) is 0.641. The second kappa shape index (κ2) is 6.24. The summed E-state index contributed by atoms with van der Waals surface area (Å²) in [6.07, 6.45) is 4.78. The number of likely N-dealkylation sites (tertiary alicyclic amines) is 1. The van der Waals surface area contributed by atoms with E-state index >= 15 is 0 Å². The molecule has 2 aliphatic rings.